The lowest BCUT2D eigenvalue weighted by Crippen LogP contribution is -2.41. The van der Waals surface area contributed by atoms with Crippen LogP contribution in [0.2, 0.25) is 0 Å². The molecule has 2 aromatic rings. The molecular weight excluding hydrogens is 294 g/mol. The highest BCUT2D eigenvalue weighted by Crippen LogP contribution is 2.13. The summed E-state index contributed by atoms with van der Waals surface area (Å²) in [6.45, 7) is 0. The summed E-state index contributed by atoms with van der Waals surface area (Å²) < 4.78 is 4.70. The minimum atomic E-state index is -0.771. The van der Waals surface area contributed by atoms with Crippen LogP contribution >= 0.6 is 0 Å². The summed E-state index contributed by atoms with van der Waals surface area (Å²) in [5.41, 5.74) is 1.17. The molecule has 1 aromatic carbocycles. The highest BCUT2D eigenvalue weighted by Gasteiger charge is 2.22. The number of methoxy groups -OCH3 is 1. The van der Waals surface area contributed by atoms with E-state index in [2.05, 4.69) is 10.3 Å². The average molecular weight is 311 g/mol. The van der Waals surface area contributed by atoms with Crippen LogP contribution in [0.4, 0.5) is 0 Å². The summed E-state index contributed by atoms with van der Waals surface area (Å²) >= 11 is 0. The minimum Gasteiger partial charge on any atom is -0.467 e. The van der Waals surface area contributed by atoms with Gasteiger partial charge in [-0.15, -0.1) is 0 Å². The number of hydrogen-bond acceptors (Lipinski definition) is 5. The van der Waals surface area contributed by atoms with Crippen molar-refractivity contribution in [2.24, 2.45) is 0 Å². The van der Waals surface area contributed by atoms with Crippen LogP contribution in [0.3, 0.4) is 0 Å². The fraction of sp³-hybridized carbons (Fsp3) is 0.294. The maximum atomic E-state index is 12.3. The van der Waals surface area contributed by atoms with E-state index in [1.165, 1.54) is 13.3 Å². The van der Waals surface area contributed by atoms with Crippen LogP contribution in [-0.4, -0.2) is 30.0 Å². The number of aromatic nitrogens is 1. The van der Waals surface area contributed by atoms with Gasteiger partial charge < -0.3 is 10.1 Å². The number of hydrogen-bond donors (Lipinski definition) is 1. The van der Waals surface area contributed by atoms with Crippen LogP contribution in [-0.2, 0) is 9.53 Å². The molecular formula is C17H17N3O3. The van der Waals surface area contributed by atoms with Gasteiger partial charge in [-0.25, -0.2) is 4.79 Å². The Balaban J connectivity index is 2.12. The molecule has 0 saturated heterocycles. The van der Waals surface area contributed by atoms with E-state index in [-0.39, 0.29) is 0 Å². The minimum absolute atomic E-state index is 0.320. The number of para-hydroxylation sites is 1. The normalized spacial score (nSPS) is 11.5. The zero-order chi connectivity index (χ0) is 16.7. The first kappa shape index (κ1) is 16.4. The number of carbonyl (C=O) groups is 2. The Hall–Kier alpha value is -2.94. The second-order valence-electron chi connectivity index (χ2n) is 5.02. The Bertz CT molecular complexity index is 752. The zero-order valence-corrected chi connectivity index (χ0v) is 12.8. The van der Waals surface area contributed by atoms with Gasteiger partial charge in [-0.3, -0.25) is 9.78 Å². The molecule has 1 aromatic heterocycles. The van der Waals surface area contributed by atoms with Gasteiger partial charge in [0.25, 0.3) is 5.91 Å². The predicted octanol–water partition coefficient (Wildman–Crippen LogP) is 2.20. The van der Waals surface area contributed by atoms with Gasteiger partial charge in [-0.05, 0) is 25.0 Å². The van der Waals surface area contributed by atoms with Crippen molar-refractivity contribution in [1.29, 1.82) is 5.26 Å². The second-order valence-corrected chi connectivity index (χ2v) is 5.02. The van der Waals surface area contributed by atoms with Gasteiger partial charge in [0, 0.05) is 18.0 Å². The van der Waals surface area contributed by atoms with E-state index in [1.807, 2.05) is 30.3 Å². The zero-order valence-electron chi connectivity index (χ0n) is 12.8. The Morgan fingerprint density at radius 1 is 1.39 bits per heavy atom. The third-order valence-electron chi connectivity index (χ3n) is 3.43. The Morgan fingerprint density at radius 3 is 2.91 bits per heavy atom. The van der Waals surface area contributed by atoms with Crippen LogP contribution < -0.4 is 5.32 Å². The maximum absolute atomic E-state index is 12.3. The van der Waals surface area contributed by atoms with Crippen molar-refractivity contribution in [3.8, 4) is 6.07 Å². The highest BCUT2D eigenvalue weighted by molar-refractivity contribution is 5.99. The van der Waals surface area contributed by atoms with Crippen molar-refractivity contribution >= 4 is 22.8 Å². The van der Waals surface area contributed by atoms with E-state index in [1.54, 1.807) is 6.07 Å². The van der Waals surface area contributed by atoms with Gasteiger partial charge in [0.15, 0.2) is 0 Å². The first-order valence-corrected chi connectivity index (χ1v) is 7.26. The standard InChI is InChI=1S/C17H17N3O3/c1-23-17(22)15(8-4-5-9-18)20-16(21)13-10-12-6-2-3-7-14(12)19-11-13/h2-3,6-7,10-11,15H,4-5,8H2,1H3,(H,20,21)/t15-/m1/s1. The Morgan fingerprint density at radius 2 is 2.17 bits per heavy atom. The third-order valence-corrected chi connectivity index (χ3v) is 3.43. The third kappa shape index (κ3) is 4.27. The maximum Gasteiger partial charge on any atom is 0.328 e. The lowest BCUT2D eigenvalue weighted by Gasteiger charge is -2.16. The van der Waals surface area contributed by atoms with Gasteiger partial charge in [0.2, 0.25) is 0 Å². The average Bonchev–Trinajstić information content (AvgIpc) is 2.59. The number of esters is 1. The van der Waals surface area contributed by atoms with E-state index in [0.29, 0.717) is 24.8 Å². The molecule has 0 bridgehead atoms. The van der Waals surface area contributed by atoms with E-state index in [0.717, 1.165) is 10.9 Å². The number of nitrogens with one attached hydrogen (secondary N) is 1. The number of benzene rings is 1. The van der Waals surface area contributed by atoms with E-state index >= 15 is 0 Å². The van der Waals surface area contributed by atoms with Gasteiger partial charge >= 0.3 is 5.97 Å². The summed E-state index contributed by atoms with van der Waals surface area (Å²) in [7, 11) is 1.27. The summed E-state index contributed by atoms with van der Waals surface area (Å²) in [4.78, 5) is 28.3. The molecule has 2 rings (SSSR count). The summed E-state index contributed by atoms with van der Waals surface area (Å²) in [6, 6.07) is 10.4. The smallest absolute Gasteiger partial charge is 0.328 e. The van der Waals surface area contributed by atoms with Crippen molar-refractivity contribution in [1.82, 2.24) is 10.3 Å². The molecule has 6 nitrogen and oxygen atoms in total. The van der Waals surface area contributed by atoms with Crippen molar-refractivity contribution in [3.05, 3.63) is 42.1 Å². The molecule has 0 unspecified atom stereocenters. The molecule has 0 radical (unpaired) electrons. The van der Waals surface area contributed by atoms with E-state index in [9.17, 15) is 9.59 Å². The number of nitriles is 1. The molecule has 118 valence electrons. The van der Waals surface area contributed by atoms with Gasteiger partial charge in [-0.2, -0.15) is 5.26 Å². The number of pyridine rings is 1. The quantitative estimate of drug-likeness (QED) is 0.652. The topological polar surface area (TPSA) is 92.1 Å². The van der Waals surface area contributed by atoms with Crippen LogP contribution in [0.15, 0.2) is 36.5 Å². The van der Waals surface area contributed by atoms with E-state index in [4.69, 9.17) is 10.00 Å². The Labute approximate surface area is 134 Å². The van der Waals surface area contributed by atoms with Crippen LogP contribution in [0.1, 0.15) is 29.6 Å². The number of rotatable bonds is 6. The molecule has 6 heteroatoms. The molecule has 0 aliphatic rings. The first-order valence-electron chi connectivity index (χ1n) is 7.26. The fourth-order valence-corrected chi connectivity index (χ4v) is 2.21. The number of amides is 1. The van der Waals surface area contributed by atoms with Crippen LogP contribution in [0.25, 0.3) is 10.9 Å². The van der Waals surface area contributed by atoms with Crippen LogP contribution in [0.5, 0.6) is 0 Å². The number of ether oxygens (including phenoxy) is 1. The number of carbonyl (C=O) groups excluding carboxylic acids is 2. The van der Waals surface area contributed by atoms with E-state index < -0.39 is 17.9 Å². The molecule has 1 N–H and O–H groups in total. The molecule has 23 heavy (non-hydrogen) atoms. The molecule has 0 saturated carbocycles. The second kappa shape index (κ2) is 7.90. The van der Waals surface area contributed by atoms with Crippen molar-refractivity contribution in [2.75, 3.05) is 7.11 Å². The number of nitrogens with zero attached hydrogens (tertiary/aromatic N) is 2. The van der Waals surface area contributed by atoms with Crippen molar-refractivity contribution < 1.29 is 14.3 Å². The molecule has 1 heterocycles. The largest absolute Gasteiger partial charge is 0.467 e. The molecule has 0 aliphatic heterocycles. The van der Waals surface area contributed by atoms with Crippen molar-refractivity contribution in [2.45, 2.75) is 25.3 Å². The molecule has 0 spiro atoms. The van der Waals surface area contributed by atoms with Gasteiger partial charge in [-0.1, -0.05) is 18.2 Å². The monoisotopic (exact) mass is 311 g/mol. The fourth-order valence-electron chi connectivity index (χ4n) is 2.21. The SMILES string of the molecule is COC(=O)[C@@H](CCCC#N)NC(=O)c1cnc2ccccc2c1. The Kier molecular flexibility index (Phi) is 5.64. The van der Waals surface area contributed by atoms with Gasteiger partial charge in [0.1, 0.15) is 6.04 Å². The summed E-state index contributed by atoms with van der Waals surface area (Å²) in [5.74, 6) is -0.916. The highest BCUT2D eigenvalue weighted by atomic mass is 16.5. The van der Waals surface area contributed by atoms with Crippen LogP contribution in [0, 0.1) is 11.3 Å². The molecule has 0 aliphatic carbocycles. The summed E-state index contributed by atoms with van der Waals surface area (Å²) in [5, 5.41) is 12.1. The lowest BCUT2D eigenvalue weighted by molar-refractivity contribution is -0.143. The lowest BCUT2D eigenvalue weighted by atomic mass is 10.1. The molecule has 1 atom stereocenters. The number of fused-ring (bicyclic) bond motifs is 1. The number of unbranched alkanes of at least 4 members (excludes halogenated alkanes) is 1. The molecule has 1 amide bonds. The molecule has 0 fully saturated rings. The van der Waals surface area contributed by atoms with Crippen molar-refractivity contribution in [3.63, 3.8) is 0 Å². The van der Waals surface area contributed by atoms with Gasteiger partial charge in [0.05, 0.1) is 24.3 Å². The first-order chi connectivity index (χ1) is 11.2. The predicted molar refractivity (Wildman–Crippen MR) is 84.5 cm³/mol. The summed E-state index contributed by atoms with van der Waals surface area (Å²) in [6.07, 6.45) is 2.65.